The molecule has 1 N–H and O–H groups in total. The van der Waals surface area contributed by atoms with Crippen molar-refractivity contribution in [3.63, 3.8) is 0 Å². The number of methoxy groups -OCH3 is 1. The van der Waals surface area contributed by atoms with E-state index in [4.69, 9.17) is 16.3 Å². The fraction of sp³-hybridized carbons (Fsp3) is 0.0882. The molecule has 0 bridgehead atoms. The molecule has 0 unspecified atom stereocenters. The SMILES string of the molecule is COc1cc(C)c(N=Nc2cc(S(=O)(=O)[O-])ccc2S(=O)(=O)[O-])cc1N=Nc1ccc(Nc2nc(Cl)nc(N(CS(=O)(=O)[O-])c3ccccc3)n2)c2ccc(S(=O)(=O)[O-])cc12.[Na+].[Na+].[Na+].[Na+]. The molecule has 0 aliphatic heterocycles. The number of azo groups is 2. The van der Waals surface area contributed by atoms with Gasteiger partial charge in [-0.1, -0.05) is 24.3 Å². The molecule has 6 aromatic rings. The van der Waals surface area contributed by atoms with Crippen LogP contribution in [0.25, 0.3) is 10.8 Å². The van der Waals surface area contributed by atoms with Gasteiger partial charge in [0.2, 0.25) is 17.2 Å². The van der Waals surface area contributed by atoms with Gasteiger partial charge in [-0.15, -0.1) is 15.3 Å². The van der Waals surface area contributed by atoms with Gasteiger partial charge in [-0.3, -0.25) is 4.90 Å². The number of aromatic nitrogens is 3. The number of rotatable bonds is 14. The van der Waals surface area contributed by atoms with E-state index in [0.717, 1.165) is 17.0 Å². The first-order valence-electron chi connectivity index (χ1n) is 16.6. The summed E-state index contributed by atoms with van der Waals surface area (Å²) in [4.78, 5) is 10.8. The van der Waals surface area contributed by atoms with Gasteiger partial charge in [0.25, 0.3) is 0 Å². The Hall–Kier alpha value is -2.10. The minimum absolute atomic E-state index is 0. The van der Waals surface area contributed by atoms with Crippen LogP contribution in [-0.2, 0) is 40.5 Å². The summed E-state index contributed by atoms with van der Waals surface area (Å²) in [6.45, 7) is 1.54. The van der Waals surface area contributed by atoms with Crippen molar-refractivity contribution in [2.24, 2.45) is 20.5 Å². The van der Waals surface area contributed by atoms with Crippen molar-refractivity contribution >= 4 is 109 Å². The van der Waals surface area contributed by atoms with E-state index in [1.807, 2.05) is 0 Å². The van der Waals surface area contributed by atoms with E-state index in [2.05, 4.69) is 40.7 Å². The number of ether oxygens (including phenoxy) is 1. The van der Waals surface area contributed by atoms with Gasteiger partial charge in [0.15, 0.2) is 0 Å². The molecule has 0 aliphatic rings. The van der Waals surface area contributed by atoms with Crippen molar-refractivity contribution in [1.82, 2.24) is 15.0 Å². The number of halogens is 1. The van der Waals surface area contributed by atoms with Gasteiger partial charge >= 0.3 is 118 Å². The molecule has 65 heavy (non-hydrogen) atoms. The molecule has 0 fully saturated rings. The summed E-state index contributed by atoms with van der Waals surface area (Å²) >= 11 is 6.20. The van der Waals surface area contributed by atoms with Crippen LogP contribution in [0.2, 0.25) is 5.28 Å². The molecule has 1 heterocycles. The molecule has 0 radical (unpaired) electrons. The minimum Gasteiger partial charge on any atom is -0.747 e. The zero-order valence-corrected chi connectivity index (χ0v) is 46.8. The first-order chi connectivity index (χ1) is 28.5. The number of para-hydroxylation sites is 1. The summed E-state index contributed by atoms with van der Waals surface area (Å²) in [5.41, 5.74) is -0.0337. The Balaban J connectivity index is 0.00000363. The number of hydrogen-bond acceptors (Lipinski definition) is 22. The fourth-order valence-electron chi connectivity index (χ4n) is 5.48. The fourth-order valence-corrected chi connectivity index (χ4v) is 7.79. The van der Waals surface area contributed by atoms with Crippen LogP contribution in [0.5, 0.6) is 5.75 Å². The summed E-state index contributed by atoms with van der Waals surface area (Å²) in [6.07, 6.45) is 0. The predicted molar refractivity (Wildman–Crippen MR) is 212 cm³/mol. The van der Waals surface area contributed by atoms with Crippen LogP contribution in [-0.4, -0.2) is 79.8 Å². The van der Waals surface area contributed by atoms with Gasteiger partial charge in [-0.25, -0.2) is 33.7 Å². The molecule has 6 rings (SSSR count). The maximum atomic E-state index is 12.1. The summed E-state index contributed by atoms with van der Waals surface area (Å²) in [5, 5.41) is 18.9. The molecule has 31 heteroatoms. The van der Waals surface area contributed by atoms with Crippen molar-refractivity contribution < 1.29 is 175 Å². The molecule has 0 spiro atoms. The standard InChI is InChI=1S/C34H28ClN9O13S4.4Na/c1-19-14-30(57-2)28(17-27(19)41-43-29-16-22(60(51,52)53)9-13-31(29)61(54,55)56)42-40-26-12-11-25(23-10-8-21(15-24(23)26)59(48,49)50)36-33-37-32(35)38-34(39-33)44(18-58(45,46)47)20-6-4-3-5-7-20;;;;/h3-17H,18H2,1-2H3,(H,45,46,47)(H,48,49,50)(H,51,52,53)(H,54,55,56)(H,36,37,38,39);;;;/q;4*+1/p-4. The summed E-state index contributed by atoms with van der Waals surface area (Å²) < 4.78 is 147. The zero-order chi connectivity index (χ0) is 44.5. The van der Waals surface area contributed by atoms with E-state index in [1.54, 1.807) is 25.1 Å². The maximum Gasteiger partial charge on any atom is 1.00 e. The van der Waals surface area contributed by atoms with Crippen molar-refractivity contribution in [2.75, 3.05) is 23.2 Å². The average molecular weight is 1020 g/mol. The first-order valence-corrected chi connectivity index (χ1v) is 22.7. The Morgan fingerprint density at radius 3 is 1.82 bits per heavy atom. The van der Waals surface area contributed by atoms with Gasteiger partial charge in [-0.2, -0.15) is 20.1 Å². The van der Waals surface area contributed by atoms with E-state index in [0.29, 0.717) is 23.8 Å². The van der Waals surface area contributed by atoms with Crippen LogP contribution >= 0.6 is 11.6 Å². The normalized spacial score (nSPS) is 11.9. The number of aryl methyl sites for hydroxylation is 1. The van der Waals surface area contributed by atoms with Crippen molar-refractivity contribution in [3.8, 4) is 5.75 Å². The van der Waals surface area contributed by atoms with E-state index < -0.39 is 72.0 Å². The second-order valence-corrected chi connectivity index (χ2v) is 18.2. The molecule has 22 nitrogen and oxygen atoms in total. The molecule has 318 valence electrons. The quantitative estimate of drug-likeness (QED) is 0.0603. The summed E-state index contributed by atoms with van der Waals surface area (Å²) in [7, 11) is -18.9. The molecule has 0 saturated carbocycles. The van der Waals surface area contributed by atoms with Crippen molar-refractivity contribution in [1.29, 1.82) is 0 Å². The number of anilines is 4. The molecular formula is C34H24ClN9Na4O13S4. The van der Waals surface area contributed by atoms with Gasteiger partial charge < -0.3 is 28.3 Å². The number of nitrogens with zero attached hydrogens (tertiary/aromatic N) is 8. The topological polar surface area (TPSA) is 341 Å². The second-order valence-electron chi connectivity index (χ2n) is 12.3. The number of hydrogen-bond donors (Lipinski definition) is 1. The van der Waals surface area contributed by atoms with Crippen molar-refractivity contribution in [3.05, 3.63) is 102 Å². The van der Waals surface area contributed by atoms with Gasteiger partial charge in [-0.05, 0) is 90.8 Å². The molecule has 0 aliphatic carbocycles. The van der Waals surface area contributed by atoms with E-state index in [1.165, 1.54) is 49.6 Å². The zero-order valence-electron chi connectivity index (χ0n) is 34.8. The molecule has 0 saturated heterocycles. The number of nitrogens with one attached hydrogen (secondary N) is 1. The average Bonchev–Trinajstić information content (AvgIpc) is 3.17. The summed E-state index contributed by atoms with van der Waals surface area (Å²) in [6, 6.07) is 18.5. The largest absolute Gasteiger partial charge is 1.00 e. The van der Waals surface area contributed by atoms with Crippen LogP contribution in [0.1, 0.15) is 5.56 Å². The van der Waals surface area contributed by atoms with Crippen molar-refractivity contribution in [2.45, 2.75) is 21.6 Å². The monoisotopic (exact) mass is 1020 g/mol. The van der Waals surface area contributed by atoms with Gasteiger partial charge in [0, 0.05) is 22.1 Å². The van der Waals surface area contributed by atoms with Crippen LogP contribution in [0.4, 0.5) is 46.0 Å². The molecule has 1 aromatic heterocycles. The van der Waals surface area contributed by atoms with Crippen LogP contribution in [0, 0.1) is 6.92 Å². The third-order valence-corrected chi connectivity index (χ3v) is 11.5. The predicted octanol–water partition coefficient (Wildman–Crippen LogP) is -6.06. The van der Waals surface area contributed by atoms with Crippen LogP contribution in [0.3, 0.4) is 0 Å². The Kier molecular flexibility index (Phi) is 21.8. The Morgan fingerprint density at radius 1 is 0.631 bits per heavy atom. The van der Waals surface area contributed by atoms with E-state index in [-0.39, 0.29) is 175 Å². The van der Waals surface area contributed by atoms with Crippen LogP contribution < -0.4 is 133 Å². The number of benzene rings is 5. The third-order valence-electron chi connectivity index (χ3n) is 8.21. The van der Waals surface area contributed by atoms with Crippen LogP contribution in [0.15, 0.2) is 126 Å². The first kappa shape index (κ1) is 59.0. The Morgan fingerprint density at radius 2 is 1.22 bits per heavy atom. The Labute approximate surface area is 465 Å². The molecule has 0 amide bonds. The summed E-state index contributed by atoms with van der Waals surface area (Å²) in [5.74, 6) is -1.53. The van der Waals surface area contributed by atoms with E-state index in [9.17, 15) is 51.9 Å². The maximum absolute atomic E-state index is 12.1. The Bertz CT molecular complexity index is 3260. The van der Waals surface area contributed by atoms with E-state index >= 15 is 0 Å². The molecule has 5 aromatic carbocycles. The van der Waals surface area contributed by atoms with Gasteiger partial charge in [0.1, 0.15) is 63.5 Å². The number of fused-ring (bicyclic) bond motifs is 1. The third kappa shape index (κ3) is 15.4. The molecular weight excluding hydrogens is 998 g/mol. The second kappa shape index (κ2) is 24.0. The minimum atomic E-state index is -5.21. The smallest absolute Gasteiger partial charge is 0.747 e. The molecule has 0 atom stereocenters. The van der Waals surface area contributed by atoms with Gasteiger partial charge in [0.05, 0.1) is 33.2 Å².